The average molecular weight is 374 g/mol. The first-order chi connectivity index (χ1) is 9.45. The number of thiazole rings is 1. The highest BCUT2D eigenvalue weighted by Gasteiger charge is 2.22. The molecule has 1 aliphatic carbocycles. The molecule has 1 aromatic heterocycles. The molecule has 0 saturated heterocycles. The lowest BCUT2D eigenvalue weighted by Gasteiger charge is -2.08. The molecule has 5 nitrogen and oxygen atoms in total. The minimum atomic E-state index is -3.71. The summed E-state index contributed by atoms with van der Waals surface area (Å²) in [4.78, 5) is 5.56. The lowest BCUT2D eigenvalue weighted by molar-refractivity contribution is 0.601. The molecule has 3 rings (SSSR count). The van der Waals surface area contributed by atoms with Gasteiger partial charge in [-0.15, -0.1) is 11.3 Å². The van der Waals surface area contributed by atoms with Gasteiger partial charge in [-0.1, -0.05) is 15.9 Å². The minimum absolute atomic E-state index is 0.0576. The molecule has 0 spiro atoms. The normalized spacial score (nSPS) is 14.2. The summed E-state index contributed by atoms with van der Waals surface area (Å²) < 4.78 is 27.9. The van der Waals surface area contributed by atoms with Gasteiger partial charge in [-0.3, -0.25) is 4.72 Å². The van der Waals surface area contributed by atoms with Gasteiger partial charge in [0, 0.05) is 9.35 Å². The van der Waals surface area contributed by atoms with Crippen LogP contribution in [0.4, 0.5) is 10.8 Å². The topological polar surface area (TPSA) is 85.1 Å². The number of hydrogen-bond donors (Lipinski definition) is 2. The number of fused-ring (bicyclic) bond motifs is 1. The van der Waals surface area contributed by atoms with Gasteiger partial charge in [0.15, 0.2) is 5.13 Å². The van der Waals surface area contributed by atoms with Crippen molar-refractivity contribution in [3.05, 3.63) is 33.2 Å². The first kappa shape index (κ1) is 13.8. The molecule has 3 N–H and O–H groups in total. The molecule has 1 aromatic carbocycles. The van der Waals surface area contributed by atoms with Crippen LogP contribution >= 0.6 is 27.3 Å². The molecule has 0 amide bonds. The smallest absolute Gasteiger partial charge is 0.265 e. The lowest BCUT2D eigenvalue weighted by atomic mass is 10.3. The van der Waals surface area contributed by atoms with E-state index in [0.29, 0.717) is 9.60 Å². The SMILES string of the molecule is Nc1ccc(Br)cc1S(=O)(=O)Nc1nc2c(s1)CCC2. The molecule has 2 aromatic rings. The largest absolute Gasteiger partial charge is 0.398 e. The number of nitrogens with one attached hydrogen (secondary N) is 1. The molecule has 0 fully saturated rings. The summed E-state index contributed by atoms with van der Waals surface area (Å²) in [5.74, 6) is 0. The molecule has 8 heteroatoms. The van der Waals surface area contributed by atoms with E-state index in [0.717, 1.165) is 25.0 Å². The number of halogens is 1. The van der Waals surface area contributed by atoms with Crippen LogP contribution in [0.1, 0.15) is 17.0 Å². The summed E-state index contributed by atoms with van der Waals surface area (Å²) in [7, 11) is -3.71. The molecule has 1 aliphatic rings. The van der Waals surface area contributed by atoms with E-state index in [1.807, 2.05) is 0 Å². The highest BCUT2D eigenvalue weighted by molar-refractivity contribution is 9.10. The van der Waals surface area contributed by atoms with Crippen LogP contribution in [0, 0.1) is 0 Å². The quantitative estimate of drug-likeness (QED) is 0.809. The standard InChI is InChI=1S/C12H12BrN3O2S2/c13-7-4-5-8(14)11(6-7)20(17,18)16-12-15-9-2-1-3-10(9)19-12/h4-6H,1-3,14H2,(H,15,16). The van der Waals surface area contributed by atoms with Crippen LogP contribution in [-0.2, 0) is 22.9 Å². The predicted molar refractivity (Wildman–Crippen MR) is 83.5 cm³/mol. The van der Waals surface area contributed by atoms with E-state index >= 15 is 0 Å². The number of sulfonamides is 1. The Morgan fingerprint density at radius 1 is 1.35 bits per heavy atom. The summed E-state index contributed by atoms with van der Waals surface area (Å²) in [5.41, 5.74) is 6.97. The molecule has 0 bridgehead atoms. The third kappa shape index (κ3) is 2.55. The first-order valence-electron chi connectivity index (χ1n) is 6.02. The Morgan fingerprint density at radius 3 is 2.90 bits per heavy atom. The first-order valence-corrected chi connectivity index (χ1v) is 9.11. The van der Waals surface area contributed by atoms with Gasteiger partial charge in [0.2, 0.25) is 0 Å². The third-order valence-corrected chi connectivity index (χ3v) is 6.17. The van der Waals surface area contributed by atoms with Crippen molar-refractivity contribution in [3.63, 3.8) is 0 Å². The van der Waals surface area contributed by atoms with Crippen molar-refractivity contribution in [1.82, 2.24) is 4.98 Å². The summed E-state index contributed by atoms with van der Waals surface area (Å²) >= 11 is 4.65. The van der Waals surface area contributed by atoms with Crippen LogP contribution < -0.4 is 10.5 Å². The van der Waals surface area contributed by atoms with Gasteiger partial charge in [0.25, 0.3) is 10.0 Å². The lowest BCUT2D eigenvalue weighted by Crippen LogP contribution is -2.14. The molecular formula is C12H12BrN3O2S2. The van der Waals surface area contributed by atoms with Gasteiger partial charge < -0.3 is 5.73 Å². The fourth-order valence-electron chi connectivity index (χ4n) is 2.14. The zero-order chi connectivity index (χ0) is 14.3. The molecule has 0 aliphatic heterocycles. The number of aryl methyl sites for hydroxylation is 2. The average Bonchev–Trinajstić information content (AvgIpc) is 2.92. The van der Waals surface area contributed by atoms with Crippen molar-refractivity contribution in [3.8, 4) is 0 Å². The number of rotatable bonds is 3. The summed E-state index contributed by atoms with van der Waals surface area (Å²) in [6.45, 7) is 0. The van der Waals surface area contributed by atoms with Gasteiger partial charge in [0.1, 0.15) is 4.90 Å². The second kappa shape index (κ2) is 5.01. The molecular weight excluding hydrogens is 362 g/mol. The second-order valence-corrected chi connectivity index (χ2v) is 8.18. The van der Waals surface area contributed by atoms with Crippen molar-refractivity contribution < 1.29 is 8.42 Å². The summed E-state index contributed by atoms with van der Waals surface area (Å²) in [5, 5.41) is 0.411. The number of aromatic nitrogens is 1. The molecule has 0 atom stereocenters. The minimum Gasteiger partial charge on any atom is -0.398 e. The van der Waals surface area contributed by atoms with Crippen LogP contribution in [0.2, 0.25) is 0 Å². The Morgan fingerprint density at radius 2 is 2.15 bits per heavy atom. The van der Waals surface area contributed by atoms with Crippen molar-refractivity contribution in [2.45, 2.75) is 24.2 Å². The number of nitrogens with two attached hydrogens (primary N) is 1. The van der Waals surface area contributed by atoms with Gasteiger partial charge in [-0.05, 0) is 37.5 Å². The van der Waals surface area contributed by atoms with Gasteiger partial charge in [-0.25, -0.2) is 13.4 Å². The predicted octanol–water partition coefficient (Wildman–Crippen LogP) is 2.78. The highest BCUT2D eigenvalue weighted by atomic mass is 79.9. The Balaban J connectivity index is 1.93. The van der Waals surface area contributed by atoms with Crippen LogP contribution in [0.3, 0.4) is 0 Å². The molecule has 0 radical (unpaired) electrons. The van der Waals surface area contributed by atoms with Crippen molar-refractivity contribution in [2.75, 3.05) is 10.5 Å². The number of nitrogens with zero attached hydrogens (tertiary/aromatic N) is 1. The number of anilines is 2. The summed E-state index contributed by atoms with van der Waals surface area (Å²) in [6, 6.07) is 4.74. The maximum atomic E-state index is 12.4. The molecule has 0 saturated carbocycles. The van der Waals surface area contributed by atoms with Crippen LogP contribution in [0.25, 0.3) is 0 Å². The monoisotopic (exact) mass is 373 g/mol. The summed E-state index contributed by atoms with van der Waals surface area (Å²) in [6.07, 6.45) is 3.00. The van der Waals surface area contributed by atoms with E-state index in [2.05, 4.69) is 25.6 Å². The maximum absolute atomic E-state index is 12.4. The molecule has 20 heavy (non-hydrogen) atoms. The van der Waals surface area contributed by atoms with Gasteiger partial charge in [0.05, 0.1) is 11.4 Å². The van der Waals surface area contributed by atoms with Crippen molar-refractivity contribution in [1.29, 1.82) is 0 Å². The Labute approximate surface area is 129 Å². The van der Waals surface area contributed by atoms with E-state index in [1.165, 1.54) is 22.3 Å². The number of benzene rings is 1. The van der Waals surface area contributed by atoms with Crippen LogP contribution in [0.15, 0.2) is 27.6 Å². The van der Waals surface area contributed by atoms with E-state index in [1.54, 1.807) is 12.1 Å². The van der Waals surface area contributed by atoms with Crippen LogP contribution in [-0.4, -0.2) is 13.4 Å². The fourth-order valence-corrected chi connectivity index (χ4v) is 5.10. The number of nitrogen functional groups attached to an aromatic ring is 1. The van der Waals surface area contributed by atoms with E-state index in [9.17, 15) is 8.42 Å². The van der Waals surface area contributed by atoms with E-state index in [4.69, 9.17) is 5.73 Å². The molecule has 106 valence electrons. The Bertz CT molecular complexity index is 750. The second-order valence-electron chi connectivity index (χ2n) is 4.53. The highest BCUT2D eigenvalue weighted by Crippen LogP contribution is 2.32. The zero-order valence-corrected chi connectivity index (χ0v) is 13.6. The van der Waals surface area contributed by atoms with Crippen molar-refractivity contribution in [2.24, 2.45) is 0 Å². The Kier molecular flexibility index (Phi) is 3.47. The third-order valence-electron chi connectivity index (χ3n) is 3.08. The Hall–Kier alpha value is -1.12. The van der Waals surface area contributed by atoms with Gasteiger partial charge >= 0.3 is 0 Å². The van der Waals surface area contributed by atoms with Gasteiger partial charge in [-0.2, -0.15) is 0 Å². The molecule has 0 unspecified atom stereocenters. The van der Waals surface area contributed by atoms with E-state index < -0.39 is 10.0 Å². The van der Waals surface area contributed by atoms with Crippen molar-refractivity contribution >= 4 is 48.1 Å². The van der Waals surface area contributed by atoms with E-state index in [-0.39, 0.29) is 10.6 Å². The maximum Gasteiger partial charge on any atom is 0.265 e. The zero-order valence-electron chi connectivity index (χ0n) is 10.4. The van der Waals surface area contributed by atoms with Crippen LogP contribution in [0.5, 0.6) is 0 Å². The number of hydrogen-bond acceptors (Lipinski definition) is 5. The fraction of sp³-hybridized carbons (Fsp3) is 0.250. The molecule has 1 heterocycles.